The van der Waals surface area contributed by atoms with Crippen LogP contribution in [0.3, 0.4) is 0 Å². The number of alkyl carbamates (subject to hydrolysis) is 1. The second kappa shape index (κ2) is 9.27. The molecule has 1 heterocycles. The smallest absolute Gasteiger partial charge is 0.408 e. The van der Waals surface area contributed by atoms with Crippen molar-refractivity contribution in [3.63, 3.8) is 0 Å². The SMILES string of the molecule is COc1cc(CNC(=O)[C@H](C)NC(=O)OCc2ccccc2)ccn1. The molecule has 0 saturated carbocycles. The van der Waals surface area contributed by atoms with Crippen LogP contribution in [0.2, 0.25) is 0 Å². The molecule has 132 valence electrons. The Morgan fingerprint density at radius 1 is 1.16 bits per heavy atom. The Morgan fingerprint density at radius 2 is 1.92 bits per heavy atom. The summed E-state index contributed by atoms with van der Waals surface area (Å²) in [6, 6.07) is 12.1. The molecule has 0 fully saturated rings. The highest BCUT2D eigenvalue weighted by Gasteiger charge is 2.16. The molecule has 0 aliphatic carbocycles. The monoisotopic (exact) mass is 343 g/mol. The van der Waals surface area contributed by atoms with E-state index in [9.17, 15) is 9.59 Å². The largest absolute Gasteiger partial charge is 0.481 e. The van der Waals surface area contributed by atoms with Crippen LogP contribution in [0.25, 0.3) is 0 Å². The highest BCUT2D eigenvalue weighted by Crippen LogP contribution is 2.08. The molecule has 7 nitrogen and oxygen atoms in total. The van der Waals surface area contributed by atoms with Gasteiger partial charge in [0.25, 0.3) is 0 Å². The molecule has 0 spiro atoms. The zero-order valence-corrected chi connectivity index (χ0v) is 14.2. The molecule has 25 heavy (non-hydrogen) atoms. The van der Waals surface area contributed by atoms with Crippen molar-refractivity contribution >= 4 is 12.0 Å². The van der Waals surface area contributed by atoms with Crippen molar-refractivity contribution in [2.24, 2.45) is 0 Å². The van der Waals surface area contributed by atoms with E-state index in [0.29, 0.717) is 12.4 Å². The third-order valence-electron chi connectivity index (χ3n) is 3.42. The van der Waals surface area contributed by atoms with Crippen molar-refractivity contribution in [3.05, 3.63) is 59.8 Å². The number of nitrogens with zero attached hydrogens (tertiary/aromatic N) is 1. The van der Waals surface area contributed by atoms with Crippen LogP contribution in [0.4, 0.5) is 4.79 Å². The lowest BCUT2D eigenvalue weighted by Crippen LogP contribution is -2.44. The standard InChI is InChI=1S/C18H21N3O4/c1-13(21-18(23)25-12-14-6-4-3-5-7-14)17(22)20-11-15-8-9-19-16(10-15)24-2/h3-10,13H,11-12H2,1-2H3,(H,20,22)(H,21,23)/t13-/m0/s1. The van der Waals surface area contributed by atoms with Crippen LogP contribution in [0.1, 0.15) is 18.1 Å². The number of aromatic nitrogens is 1. The first-order chi connectivity index (χ1) is 12.1. The molecule has 2 N–H and O–H groups in total. The topological polar surface area (TPSA) is 89.6 Å². The molecule has 2 amide bonds. The Kier molecular flexibility index (Phi) is 6.76. The fourth-order valence-electron chi connectivity index (χ4n) is 2.02. The van der Waals surface area contributed by atoms with Gasteiger partial charge in [0.05, 0.1) is 7.11 Å². The molecular formula is C18H21N3O4. The molecule has 1 atom stereocenters. The highest BCUT2D eigenvalue weighted by molar-refractivity contribution is 5.85. The number of methoxy groups -OCH3 is 1. The maximum absolute atomic E-state index is 12.1. The summed E-state index contributed by atoms with van der Waals surface area (Å²) in [5.74, 6) is 0.162. The normalized spacial score (nSPS) is 11.3. The fourth-order valence-corrected chi connectivity index (χ4v) is 2.02. The van der Waals surface area contributed by atoms with Gasteiger partial charge in [-0.3, -0.25) is 4.79 Å². The summed E-state index contributed by atoms with van der Waals surface area (Å²) in [7, 11) is 1.53. The summed E-state index contributed by atoms with van der Waals surface area (Å²) in [4.78, 5) is 27.8. The highest BCUT2D eigenvalue weighted by atomic mass is 16.5. The Balaban J connectivity index is 1.74. The summed E-state index contributed by atoms with van der Waals surface area (Å²) in [6.45, 7) is 2.05. The van der Waals surface area contributed by atoms with Crippen LogP contribution >= 0.6 is 0 Å². The Morgan fingerprint density at radius 3 is 2.64 bits per heavy atom. The number of rotatable bonds is 7. The number of hydrogen-bond acceptors (Lipinski definition) is 5. The van der Waals surface area contributed by atoms with Gasteiger partial charge in [0.1, 0.15) is 12.6 Å². The number of hydrogen-bond donors (Lipinski definition) is 2. The lowest BCUT2D eigenvalue weighted by molar-refractivity contribution is -0.122. The van der Waals surface area contributed by atoms with E-state index < -0.39 is 12.1 Å². The number of amides is 2. The summed E-state index contributed by atoms with van der Waals surface area (Å²) in [5.41, 5.74) is 1.72. The summed E-state index contributed by atoms with van der Waals surface area (Å²) in [5, 5.41) is 5.24. The Hall–Kier alpha value is -3.09. The van der Waals surface area contributed by atoms with Crippen LogP contribution in [-0.2, 0) is 22.7 Å². The third kappa shape index (κ3) is 6.14. The first kappa shape index (κ1) is 18.3. The van der Waals surface area contributed by atoms with Crippen LogP contribution < -0.4 is 15.4 Å². The first-order valence-corrected chi connectivity index (χ1v) is 7.82. The zero-order valence-electron chi connectivity index (χ0n) is 14.2. The summed E-state index contributed by atoms with van der Waals surface area (Å²) < 4.78 is 10.1. The van der Waals surface area contributed by atoms with Crippen molar-refractivity contribution < 1.29 is 19.1 Å². The number of benzene rings is 1. The van der Waals surface area contributed by atoms with Gasteiger partial charge in [-0.1, -0.05) is 30.3 Å². The Bertz CT molecular complexity index is 706. The maximum Gasteiger partial charge on any atom is 0.408 e. The third-order valence-corrected chi connectivity index (χ3v) is 3.42. The van der Waals surface area contributed by atoms with Gasteiger partial charge in [0.15, 0.2) is 0 Å². The van der Waals surface area contributed by atoms with Crippen LogP contribution in [0, 0.1) is 0 Å². The van der Waals surface area contributed by atoms with Gasteiger partial charge in [-0.05, 0) is 24.1 Å². The lowest BCUT2D eigenvalue weighted by atomic mass is 10.2. The van der Waals surface area contributed by atoms with Crippen molar-refractivity contribution in [3.8, 4) is 5.88 Å². The molecule has 2 aromatic rings. The van der Waals surface area contributed by atoms with Gasteiger partial charge >= 0.3 is 6.09 Å². The molecule has 0 radical (unpaired) electrons. The zero-order chi connectivity index (χ0) is 18.1. The van der Waals surface area contributed by atoms with Crippen molar-refractivity contribution in [2.45, 2.75) is 26.1 Å². The van der Waals surface area contributed by atoms with Gasteiger partial charge in [-0.2, -0.15) is 0 Å². The molecule has 0 unspecified atom stereocenters. The van der Waals surface area contributed by atoms with Gasteiger partial charge in [0, 0.05) is 18.8 Å². The molecule has 1 aromatic carbocycles. The number of carbonyl (C=O) groups excluding carboxylic acids is 2. The predicted octanol–water partition coefficient (Wildman–Crippen LogP) is 2.02. The maximum atomic E-state index is 12.1. The van der Waals surface area contributed by atoms with E-state index in [1.807, 2.05) is 30.3 Å². The molecule has 2 rings (SSSR count). The first-order valence-electron chi connectivity index (χ1n) is 7.82. The molecule has 0 bridgehead atoms. The molecule has 0 aliphatic rings. The number of pyridine rings is 1. The van der Waals surface area contributed by atoms with Gasteiger partial charge in [0.2, 0.25) is 11.8 Å². The van der Waals surface area contributed by atoms with E-state index in [1.54, 1.807) is 25.3 Å². The van der Waals surface area contributed by atoms with E-state index in [4.69, 9.17) is 9.47 Å². The minimum atomic E-state index is -0.716. The molecule has 1 aromatic heterocycles. The minimum Gasteiger partial charge on any atom is -0.481 e. The van der Waals surface area contributed by atoms with Gasteiger partial charge in [-0.25, -0.2) is 9.78 Å². The van der Waals surface area contributed by atoms with Crippen molar-refractivity contribution in [2.75, 3.05) is 7.11 Å². The van der Waals surface area contributed by atoms with Gasteiger partial charge < -0.3 is 20.1 Å². The molecular weight excluding hydrogens is 322 g/mol. The van der Waals surface area contributed by atoms with Gasteiger partial charge in [-0.15, -0.1) is 0 Å². The number of nitrogens with one attached hydrogen (secondary N) is 2. The summed E-state index contributed by atoms with van der Waals surface area (Å²) >= 11 is 0. The van der Waals surface area contributed by atoms with Crippen LogP contribution in [0.5, 0.6) is 5.88 Å². The van der Waals surface area contributed by atoms with Crippen LogP contribution in [-0.4, -0.2) is 30.1 Å². The van der Waals surface area contributed by atoms with E-state index in [1.165, 1.54) is 7.11 Å². The summed E-state index contributed by atoms with van der Waals surface area (Å²) in [6.07, 6.45) is 0.959. The minimum absolute atomic E-state index is 0.151. The molecule has 7 heteroatoms. The van der Waals surface area contributed by atoms with E-state index in [0.717, 1.165) is 11.1 Å². The quantitative estimate of drug-likeness (QED) is 0.803. The number of carbonyl (C=O) groups is 2. The second-order valence-corrected chi connectivity index (χ2v) is 5.35. The molecule has 0 aliphatic heterocycles. The van der Waals surface area contributed by atoms with E-state index in [2.05, 4.69) is 15.6 Å². The van der Waals surface area contributed by atoms with Crippen molar-refractivity contribution in [1.29, 1.82) is 0 Å². The Labute approximate surface area is 146 Å². The molecule has 0 saturated heterocycles. The number of ether oxygens (including phenoxy) is 2. The fraction of sp³-hybridized carbons (Fsp3) is 0.278. The van der Waals surface area contributed by atoms with E-state index in [-0.39, 0.29) is 12.5 Å². The van der Waals surface area contributed by atoms with Crippen LogP contribution in [0.15, 0.2) is 48.7 Å². The predicted molar refractivity (Wildman–Crippen MR) is 91.9 cm³/mol. The lowest BCUT2D eigenvalue weighted by Gasteiger charge is -2.14. The van der Waals surface area contributed by atoms with Crippen molar-refractivity contribution in [1.82, 2.24) is 15.6 Å². The second-order valence-electron chi connectivity index (χ2n) is 5.35. The van der Waals surface area contributed by atoms with E-state index >= 15 is 0 Å². The average molecular weight is 343 g/mol. The average Bonchev–Trinajstić information content (AvgIpc) is 2.65.